The van der Waals surface area contributed by atoms with Crippen molar-refractivity contribution < 1.29 is 9.50 Å². The maximum Gasteiger partial charge on any atom is 0.127 e. The molecule has 1 aromatic carbocycles. The Morgan fingerprint density at radius 2 is 2.16 bits per heavy atom. The SMILES string of the molecule is CCN(Cc1cc(O)cc(F)c1)C1CCCC1CN. The molecule has 0 aliphatic heterocycles. The third kappa shape index (κ3) is 3.45. The third-order valence-corrected chi connectivity index (χ3v) is 4.12. The first-order chi connectivity index (χ1) is 9.13. The number of aromatic hydroxyl groups is 1. The summed E-state index contributed by atoms with van der Waals surface area (Å²) in [4.78, 5) is 2.35. The van der Waals surface area contributed by atoms with Crippen LogP contribution in [0.4, 0.5) is 4.39 Å². The van der Waals surface area contributed by atoms with Gasteiger partial charge in [-0.2, -0.15) is 0 Å². The Labute approximate surface area is 114 Å². The van der Waals surface area contributed by atoms with Gasteiger partial charge < -0.3 is 10.8 Å². The van der Waals surface area contributed by atoms with E-state index in [0.29, 0.717) is 18.5 Å². The second-order valence-electron chi connectivity index (χ2n) is 5.37. The zero-order valence-electron chi connectivity index (χ0n) is 11.5. The zero-order chi connectivity index (χ0) is 13.8. The predicted molar refractivity (Wildman–Crippen MR) is 74.3 cm³/mol. The van der Waals surface area contributed by atoms with Crippen LogP contribution in [0.1, 0.15) is 31.7 Å². The number of phenols is 1. The molecule has 106 valence electrons. The Kier molecular flexibility index (Phi) is 4.77. The van der Waals surface area contributed by atoms with E-state index in [1.165, 1.54) is 18.9 Å². The summed E-state index contributed by atoms with van der Waals surface area (Å²) in [5.41, 5.74) is 6.65. The van der Waals surface area contributed by atoms with Crippen LogP contribution >= 0.6 is 0 Å². The lowest BCUT2D eigenvalue weighted by Gasteiger charge is -2.31. The fraction of sp³-hybridized carbons (Fsp3) is 0.600. The Morgan fingerprint density at radius 1 is 1.37 bits per heavy atom. The molecule has 0 spiro atoms. The summed E-state index contributed by atoms with van der Waals surface area (Å²) in [6.07, 6.45) is 3.57. The highest BCUT2D eigenvalue weighted by Gasteiger charge is 2.30. The summed E-state index contributed by atoms with van der Waals surface area (Å²) in [5, 5.41) is 9.46. The summed E-state index contributed by atoms with van der Waals surface area (Å²) in [6.45, 7) is 4.42. The largest absolute Gasteiger partial charge is 0.508 e. The van der Waals surface area contributed by atoms with Crippen molar-refractivity contribution in [3.05, 3.63) is 29.6 Å². The molecule has 2 atom stereocenters. The van der Waals surface area contributed by atoms with Crippen molar-refractivity contribution in [3.8, 4) is 5.75 Å². The second-order valence-corrected chi connectivity index (χ2v) is 5.37. The Balaban J connectivity index is 2.10. The number of benzene rings is 1. The van der Waals surface area contributed by atoms with Gasteiger partial charge in [-0.3, -0.25) is 4.90 Å². The van der Waals surface area contributed by atoms with Gasteiger partial charge in [-0.05, 0) is 49.5 Å². The van der Waals surface area contributed by atoms with Crippen LogP contribution in [0.5, 0.6) is 5.75 Å². The van der Waals surface area contributed by atoms with Crippen molar-refractivity contribution in [3.63, 3.8) is 0 Å². The van der Waals surface area contributed by atoms with Gasteiger partial charge in [0.2, 0.25) is 0 Å². The lowest BCUT2D eigenvalue weighted by molar-refractivity contribution is 0.162. The summed E-state index contributed by atoms with van der Waals surface area (Å²) < 4.78 is 13.3. The Morgan fingerprint density at radius 3 is 2.79 bits per heavy atom. The standard InChI is InChI=1S/C15H23FN2O/c1-2-18(15-5-3-4-12(15)9-17)10-11-6-13(16)8-14(19)7-11/h6-8,12,15,19H,2-5,9-10,17H2,1H3. The van der Waals surface area contributed by atoms with Gasteiger partial charge in [-0.15, -0.1) is 0 Å². The molecule has 19 heavy (non-hydrogen) atoms. The number of hydrogen-bond donors (Lipinski definition) is 2. The van der Waals surface area contributed by atoms with E-state index in [4.69, 9.17) is 5.73 Å². The van der Waals surface area contributed by atoms with E-state index in [0.717, 1.165) is 31.1 Å². The third-order valence-electron chi connectivity index (χ3n) is 4.12. The van der Waals surface area contributed by atoms with Gasteiger partial charge in [-0.1, -0.05) is 13.3 Å². The first kappa shape index (κ1) is 14.3. The number of halogens is 1. The smallest absolute Gasteiger partial charge is 0.127 e. The molecule has 2 unspecified atom stereocenters. The van der Waals surface area contributed by atoms with Crippen LogP contribution in [0, 0.1) is 11.7 Å². The number of hydrogen-bond acceptors (Lipinski definition) is 3. The molecule has 0 amide bonds. The minimum Gasteiger partial charge on any atom is -0.508 e. The zero-order valence-corrected chi connectivity index (χ0v) is 11.5. The van der Waals surface area contributed by atoms with Crippen molar-refractivity contribution in [2.75, 3.05) is 13.1 Å². The van der Waals surface area contributed by atoms with Gasteiger partial charge in [-0.25, -0.2) is 4.39 Å². The van der Waals surface area contributed by atoms with E-state index in [-0.39, 0.29) is 11.6 Å². The van der Waals surface area contributed by atoms with Gasteiger partial charge in [0.05, 0.1) is 0 Å². The van der Waals surface area contributed by atoms with Crippen LogP contribution in [0.3, 0.4) is 0 Å². The topological polar surface area (TPSA) is 49.5 Å². The van der Waals surface area contributed by atoms with Gasteiger partial charge in [0.15, 0.2) is 0 Å². The van der Waals surface area contributed by atoms with E-state index in [1.807, 2.05) is 0 Å². The molecule has 1 aliphatic carbocycles. The Hall–Kier alpha value is -1.13. The molecule has 0 aromatic heterocycles. The van der Waals surface area contributed by atoms with E-state index in [2.05, 4.69) is 11.8 Å². The van der Waals surface area contributed by atoms with Crippen molar-refractivity contribution in [2.45, 2.75) is 38.8 Å². The molecule has 0 radical (unpaired) electrons. The van der Waals surface area contributed by atoms with Crippen LogP contribution in [0.15, 0.2) is 18.2 Å². The maximum atomic E-state index is 13.3. The molecule has 3 N–H and O–H groups in total. The average Bonchev–Trinajstić information content (AvgIpc) is 2.82. The van der Waals surface area contributed by atoms with Crippen molar-refractivity contribution in [2.24, 2.45) is 11.7 Å². The highest BCUT2D eigenvalue weighted by atomic mass is 19.1. The quantitative estimate of drug-likeness (QED) is 0.861. The number of phenolic OH excluding ortho intramolecular Hbond substituents is 1. The van der Waals surface area contributed by atoms with Crippen molar-refractivity contribution >= 4 is 0 Å². The van der Waals surface area contributed by atoms with Crippen molar-refractivity contribution in [1.82, 2.24) is 4.90 Å². The molecule has 1 aliphatic rings. The molecular formula is C15H23FN2O. The molecule has 0 bridgehead atoms. The lowest BCUT2D eigenvalue weighted by Crippen LogP contribution is -2.39. The first-order valence-electron chi connectivity index (χ1n) is 7.06. The average molecular weight is 266 g/mol. The fourth-order valence-electron chi connectivity index (χ4n) is 3.20. The maximum absolute atomic E-state index is 13.3. The van der Waals surface area contributed by atoms with Crippen LogP contribution < -0.4 is 5.73 Å². The normalized spacial score (nSPS) is 23.2. The second kappa shape index (κ2) is 6.35. The summed E-state index contributed by atoms with van der Waals surface area (Å²) >= 11 is 0. The minimum absolute atomic E-state index is 0.00662. The van der Waals surface area contributed by atoms with Gasteiger partial charge in [0.1, 0.15) is 11.6 Å². The van der Waals surface area contributed by atoms with Crippen LogP contribution in [0.25, 0.3) is 0 Å². The van der Waals surface area contributed by atoms with Gasteiger partial charge >= 0.3 is 0 Å². The van der Waals surface area contributed by atoms with E-state index >= 15 is 0 Å². The van der Waals surface area contributed by atoms with Crippen LogP contribution in [0.2, 0.25) is 0 Å². The molecule has 1 aromatic rings. The van der Waals surface area contributed by atoms with E-state index in [9.17, 15) is 9.50 Å². The molecule has 1 fully saturated rings. The summed E-state index contributed by atoms with van der Waals surface area (Å²) in [6, 6.07) is 4.76. The molecule has 0 heterocycles. The number of nitrogens with two attached hydrogens (primary N) is 1. The summed E-state index contributed by atoms with van der Waals surface area (Å²) in [5.74, 6) is 0.155. The van der Waals surface area contributed by atoms with E-state index < -0.39 is 0 Å². The highest BCUT2D eigenvalue weighted by Crippen LogP contribution is 2.30. The highest BCUT2D eigenvalue weighted by molar-refractivity contribution is 5.28. The molecule has 2 rings (SSSR count). The minimum atomic E-state index is -0.382. The molecule has 1 saturated carbocycles. The first-order valence-corrected chi connectivity index (χ1v) is 7.06. The van der Waals surface area contributed by atoms with E-state index in [1.54, 1.807) is 6.07 Å². The van der Waals surface area contributed by atoms with Gasteiger partial charge in [0, 0.05) is 18.7 Å². The lowest BCUT2D eigenvalue weighted by atomic mass is 10.0. The predicted octanol–water partition coefficient (Wildman–Crippen LogP) is 2.48. The monoisotopic (exact) mass is 266 g/mol. The fourth-order valence-corrected chi connectivity index (χ4v) is 3.20. The van der Waals surface area contributed by atoms with Crippen LogP contribution in [-0.4, -0.2) is 29.1 Å². The molecule has 3 nitrogen and oxygen atoms in total. The Bertz CT molecular complexity index is 404. The summed E-state index contributed by atoms with van der Waals surface area (Å²) in [7, 11) is 0. The van der Waals surface area contributed by atoms with Gasteiger partial charge in [0.25, 0.3) is 0 Å². The molecule has 0 saturated heterocycles. The number of nitrogens with zero attached hydrogens (tertiary/aromatic N) is 1. The number of rotatable bonds is 5. The molecule has 4 heteroatoms. The molecular weight excluding hydrogens is 243 g/mol. The van der Waals surface area contributed by atoms with Crippen molar-refractivity contribution in [1.29, 1.82) is 0 Å². The van der Waals surface area contributed by atoms with Crippen LogP contribution in [-0.2, 0) is 6.54 Å².